The van der Waals surface area contributed by atoms with Gasteiger partial charge in [-0.2, -0.15) is 0 Å². The molecule has 0 aliphatic rings. The lowest BCUT2D eigenvalue weighted by atomic mass is 10.0. The first kappa shape index (κ1) is 14.6. The molecule has 1 amide bonds. The number of rotatable bonds is 7. The second-order valence-corrected chi connectivity index (χ2v) is 4.17. The molecule has 0 saturated heterocycles. The highest BCUT2D eigenvalue weighted by Crippen LogP contribution is 2.17. The summed E-state index contributed by atoms with van der Waals surface area (Å²) in [4.78, 5) is 11.3. The summed E-state index contributed by atoms with van der Waals surface area (Å²) in [5.41, 5.74) is 0.924. The molecule has 100 valence electrons. The average Bonchev–Trinajstić information content (AvgIpc) is 2.35. The molecule has 2 N–H and O–H groups in total. The number of hydrogen-bond donors (Lipinski definition) is 2. The third-order valence-electron chi connectivity index (χ3n) is 2.78. The summed E-state index contributed by atoms with van der Waals surface area (Å²) >= 11 is 0. The quantitative estimate of drug-likeness (QED) is 0.782. The normalized spacial score (nSPS) is 12.2. The van der Waals surface area contributed by atoms with Crippen molar-refractivity contribution in [1.82, 2.24) is 10.6 Å². The van der Waals surface area contributed by atoms with Crippen LogP contribution in [-0.4, -0.2) is 19.0 Å². The minimum absolute atomic E-state index is 0.0408. The topological polar surface area (TPSA) is 41.1 Å². The zero-order valence-corrected chi connectivity index (χ0v) is 11.0. The van der Waals surface area contributed by atoms with E-state index in [1.54, 1.807) is 6.07 Å². The molecule has 0 aliphatic heterocycles. The summed E-state index contributed by atoms with van der Waals surface area (Å²) in [6, 6.07) is 6.67. The van der Waals surface area contributed by atoms with Crippen molar-refractivity contribution in [2.75, 3.05) is 13.1 Å². The van der Waals surface area contributed by atoms with Gasteiger partial charge in [-0.15, -0.1) is 0 Å². The summed E-state index contributed by atoms with van der Waals surface area (Å²) < 4.78 is 13.1. The summed E-state index contributed by atoms with van der Waals surface area (Å²) in [5, 5.41) is 6.02. The van der Waals surface area contributed by atoms with Gasteiger partial charge in [0.05, 0.1) is 0 Å². The van der Waals surface area contributed by atoms with Crippen LogP contribution in [0, 0.1) is 5.82 Å². The standard InChI is InChI=1S/C14H21FN2O/c1-3-13(11-6-5-7-12(15)10-11)17-9-8-14(18)16-4-2/h5-7,10,13,17H,3-4,8-9H2,1-2H3,(H,16,18). The van der Waals surface area contributed by atoms with E-state index in [1.807, 2.05) is 19.9 Å². The molecule has 1 unspecified atom stereocenters. The Labute approximate surface area is 108 Å². The van der Waals surface area contributed by atoms with Crippen molar-refractivity contribution < 1.29 is 9.18 Å². The first-order valence-electron chi connectivity index (χ1n) is 6.42. The molecule has 3 nitrogen and oxygen atoms in total. The van der Waals surface area contributed by atoms with E-state index in [9.17, 15) is 9.18 Å². The third kappa shape index (κ3) is 4.84. The Morgan fingerprint density at radius 1 is 1.39 bits per heavy atom. The van der Waals surface area contributed by atoms with Crippen molar-refractivity contribution >= 4 is 5.91 Å². The van der Waals surface area contributed by atoms with E-state index in [0.717, 1.165) is 12.0 Å². The molecule has 0 heterocycles. The van der Waals surface area contributed by atoms with Gasteiger partial charge in [-0.25, -0.2) is 4.39 Å². The van der Waals surface area contributed by atoms with Crippen molar-refractivity contribution in [3.05, 3.63) is 35.6 Å². The summed E-state index contributed by atoms with van der Waals surface area (Å²) in [6.45, 7) is 5.18. The van der Waals surface area contributed by atoms with Gasteiger partial charge in [-0.05, 0) is 31.0 Å². The monoisotopic (exact) mass is 252 g/mol. The highest BCUT2D eigenvalue weighted by atomic mass is 19.1. The first-order valence-corrected chi connectivity index (χ1v) is 6.42. The van der Waals surface area contributed by atoms with E-state index < -0.39 is 0 Å². The molecule has 0 aliphatic carbocycles. The predicted octanol–water partition coefficient (Wildman–Crippen LogP) is 2.39. The zero-order valence-electron chi connectivity index (χ0n) is 11.0. The van der Waals surface area contributed by atoms with Crippen molar-refractivity contribution in [3.63, 3.8) is 0 Å². The van der Waals surface area contributed by atoms with Crippen molar-refractivity contribution in [3.8, 4) is 0 Å². The van der Waals surface area contributed by atoms with Gasteiger partial charge in [0.2, 0.25) is 5.91 Å². The highest BCUT2D eigenvalue weighted by Gasteiger charge is 2.09. The van der Waals surface area contributed by atoms with Gasteiger partial charge < -0.3 is 10.6 Å². The molecule has 4 heteroatoms. The van der Waals surface area contributed by atoms with E-state index in [4.69, 9.17) is 0 Å². The second kappa shape index (κ2) is 7.82. The van der Waals surface area contributed by atoms with Gasteiger partial charge >= 0.3 is 0 Å². The van der Waals surface area contributed by atoms with Crippen LogP contribution in [0.1, 0.15) is 38.3 Å². The maximum atomic E-state index is 13.1. The molecule has 0 aromatic heterocycles. The van der Waals surface area contributed by atoms with Gasteiger partial charge in [0.1, 0.15) is 5.82 Å². The van der Waals surface area contributed by atoms with Crippen LogP contribution in [0.3, 0.4) is 0 Å². The van der Waals surface area contributed by atoms with Crippen molar-refractivity contribution in [2.24, 2.45) is 0 Å². The molecule has 0 fully saturated rings. The van der Waals surface area contributed by atoms with E-state index in [-0.39, 0.29) is 17.8 Å². The lowest BCUT2D eigenvalue weighted by Gasteiger charge is -2.17. The zero-order chi connectivity index (χ0) is 13.4. The summed E-state index contributed by atoms with van der Waals surface area (Å²) in [7, 11) is 0. The fourth-order valence-corrected chi connectivity index (χ4v) is 1.87. The van der Waals surface area contributed by atoms with Crippen LogP contribution in [0.25, 0.3) is 0 Å². The molecular weight excluding hydrogens is 231 g/mol. The van der Waals surface area contributed by atoms with E-state index in [1.165, 1.54) is 12.1 Å². The van der Waals surface area contributed by atoms with Crippen LogP contribution in [0.15, 0.2) is 24.3 Å². The molecule has 0 bridgehead atoms. The SMILES string of the molecule is CCNC(=O)CCNC(CC)c1cccc(F)c1. The fourth-order valence-electron chi connectivity index (χ4n) is 1.87. The molecule has 0 radical (unpaired) electrons. The molecule has 1 aromatic carbocycles. The molecule has 1 aromatic rings. The third-order valence-corrected chi connectivity index (χ3v) is 2.78. The van der Waals surface area contributed by atoms with E-state index in [2.05, 4.69) is 10.6 Å². The van der Waals surface area contributed by atoms with Gasteiger partial charge in [0, 0.05) is 25.6 Å². The molecule has 0 saturated carbocycles. The maximum absolute atomic E-state index is 13.1. The van der Waals surface area contributed by atoms with Gasteiger partial charge in [0.25, 0.3) is 0 Å². The number of benzene rings is 1. The van der Waals surface area contributed by atoms with Crippen LogP contribution in [0.4, 0.5) is 4.39 Å². The minimum Gasteiger partial charge on any atom is -0.356 e. The Balaban J connectivity index is 2.45. The molecule has 18 heavy (non-hydrogen) atoms. The number of nitrogens with one attached hydrogen (secondary N) is 2. The highest BCUT2D eigenvalue weighted by molar-refractivity contribution is 5.75. The van der Waals surface area contributed by atoms with Crippen LogP contribution < -0.4 is 10.6 Å². The molecule has 1 atom stereocenters. The smallest absolute Gasteiger partial charge is 0.221 e. The van der Waals surface area contributed by atoms with Gasteiger partial charge in [0.15, 0.2) is 0 Å². The number of carbonyl (C=O) groups is 1. The Morgan fingerprint density at radius 2 is 2.17 bits per heavy atom. The van der Waals surface area contributed by atoms with Crippen molar-refractivity contribution in [1.29, 1.82) is 0 Å². The molecule has 0 spiro atoms. The average molecular weight is 252 g/mol. The number of amides is 1. The Morgan fingerprint density at radius 3 is 2.78 bits per heavy atom. The number of halogens is 1. The Kier molecular flexibility index (Phi) is 6.36. The fraction of sp³-hybridized carbons (Fsp3) is 0.500. The van der Waals surface area contributed by atoms with Crippen LogP contribution in [0.5, 0.6) is 0 Å². The number of carbonyl (C=O) groups excluding carboxylic acids is 1. The van der Waals surface area contributed by atoms with Crippen LogP contribution in [0.2, 0.25) is 0 Å². The van der Waals surface area contributed by atoms with E-state index in [0.29, 0.717) is 19.5 Å². The maximum Gasteiger partial charge on any atom is 0.221 e. The number of hydrogen-bond acceptors (Lipinski definition) is 2. The summed E-state index contributed by atoms with van der Waals surface area (Å²) in [6.07, 6.45) is 1.30. The Hall–Kier alpha value is -1.42. The Bertz CT molecular complexity index is 382. The second-order valence-electron chi connectivity index (χ2n) is 4.17. The first-order chi connectivity index (χ1) is 8.67. The predicted molar refractivity (Wildman–Crippen MR) is 70.7 cm³/mol. The molecule has 1 rings (SSSR count). The largest absolute Gasteiger partial charge is 0.356 e. The van der Waals surface area contributed by atoms with Crippen LogP contribution in [-0.2, 0) is 4.79 Å². The van der Waals surface area contributed by atoms with E-state index >= 15 is 0 Å². The lowest BCUT2D eigenvalue weighted by molar-refractivity contribution is -0.120. The van der Waals surface area contributed by atoms with Gasteiger partial charge in [-0.1, -0.05) is 19.1 Å². The summed E-state index contributed by atoms with van der Waals surface area (Å²) in [5.74, 6) is -0.185. The lowest BCUT2D eigenvalue weighted by Crippen LogP contribution is -2.29. The van der Waals surface area contributed by atoms with Crippen molar-refractivity contribution in [2.45, 2.75) is 32.7 Å². The van der Waals surface area contributed by atoms with Gasteiger partial charge in [-0.3, -0.25) is 4.79 Å². The minimum atomic E-state index is -0.225. The van der Waals surface area contributed by atoms with Crippen LogP contribution >= 0.6 is 0 Å². The molecular formula is C14H21FN2O.